The van der Waals surface area contributed by atoms with E-state index in [1.165, 1.54) is 0 Å². The molecule has 3 rings (SSSR count). The van der Waals surface area contributed by atoms with Crippen molar-refractivity contribution in [2.75, 3.05) is 17.2 Å². The molecular formula is C20H19ClN4O. The Morgan fingerprint density at radius 3 is 2.54 bits per heavy atom. The van der Waals surface area contributed by atoms with Crippen LogP contribution in [0.25, 0.3) is 0 Å². The number of aromatic nitrogens is 2. The lowest BCUT2D eigenvalue weighted by Gasteiger charge is -2.09. The zero-order chi connectivity index (χ0) is 18.2. The molecule has 0 aliphatic rings. The van der Waals surface area contributed by atoms with Crippen molar-refractivity contribution in [2.45, 2.75) is 6.61 Å². The molecule has 0 saturated heterocycles. The lowest BCUT2D eigenvalue weighted by atomic mass is 10.2. The Bertz CT molecular complexity index is 850. The molecule has 3 aromatic rings. The van der Waals surface area contributed by atoms with Gasteiger partial charge in [-0.05, 0) is 48.0 Å². The van der Waals surface area contributed by atoms with Crippen LogP contribution < -0.4 is 15.4 Å². The fourth-order valence-corrected chi connectivity index (χ4v) is 2.33. The molecule has 0 amide bonds. The average Bonchev–Trinajstić information content (AvgIpc) is 2.67. The Hall–Kier alpha value is -3.05. The van der Waals surface area contributed by atoms with Gasteiger partial charge >= 0.3 is 0 Å². The topological polar surface area (TPSA) is 59.1 Å². The van der Waals surface area contributed by atoms with E-state index in [1.807, 2.05) is 54.6 Å². The predicted octanol–water partition coefficient (Wildman–Crippen LogP) is 5.05. The lowest BCUT2D eigenvalue weighted by Crippen LogP contribution is -2.03. The fraction of sp³-hybridized carbons (Fsp3) is 0.100. The first-order valence-corrected chi connectivity index (χ1v) is 8.53. The van der Waals surface area contributed by atoms with Gasteiger partial charge in [0.25, 0.3) is 0 Å². The smallest absolute Gasteiger partial charge is 0.229 e. The van der Waals surface area contributed by atoms with E-state index in [2.05, 4.69) is 27.2 Å². The molecule has 2 aromatic carbocycles. The number of rotatable bonds is 8. The zero-order valence-corrected chi connectivity index (χ0v) is 14.9. The zero-order valence-electron chi connectivity index (χ0n) is 14.2. The summed E-state index contributed by atoms with van der Waals surface area (Å²) in [5, 5.41) is 7.02. The molecule has 0 bridgehead atoms. The first kappa shape index (κ1) is 17.8. The number of hydrogen-bond donors (Lipinski definition) is 2. The number of ether oxygens (including phenoxy) is 1. The quantitative estimate of drug-likeness (QED) is 0.546. The van der Waals surface area contributed by atoms with Crippen molar-refractivity contribution in [1.82, 2.24) is 9.97 Å². The van der Waals surface area contributed by atoms with E-state index in [0.29, 0.717) is 19.1 Å². The third kappa shape index (κ3) is 5.22. The molecule has 0 atom stereocenters. The van der Waals surface area contributed by atoms with Crippen molar-refractivity contribution in [1.29, 1.82) is 0 Å². The molecule has 2 N–H and O–H groups in total. The largest absolute Gasteiger partial charge is 0.489 e. The maximum absolute atomic E-state index is 5.88. The van der Waals surface area contributed by atoms with Gasteiger partial charge in [-0.1, -0.05) is 29.8 Å². The summed E-state index contributed by atoms with van der Waals surface area (Å²) in [4.78, 5) is 8.61. The van der Waals surface area contributed by atoms with Gasteiger partial charge < -0.3 is 15.4 Å². The predicted molar refractivity (Wildman–Crippen MR) is 106 cm³/mol. The number of anilines is 3. The minimum absolute atomic E-state index is 0.490. The van der Waals surface area contributed by atoms with Crippen LogP contribution >= 0.6 is 11.6 Å². The third-order valence-corrected chi connectivity index (χ3v) is 3.76. The highest BCUT2D eigenvalue weighted by molar-refractivity contribution is 6.30. The number of benzene rings is 2. The van der Waals surface area contributed by atoms with E-state index in [9.17, 15) is 0 Å². The van der Waals surface area contributed by atoms with Gasteiger partial charge in [-0.25, -0.2) is 4.98 Å². The molecular weight excluding hydrogens is 348 g/mol. The first-order chi connectivity index (χ1) is 12.7. The highest BCUT2D eigenvalue weighted by Crippen LogP contribution is 2.20. The van der Waals surface area contributed by atoms with Crippen LogP contribution in [0.1, 0.15) is 5.56 Å². The number of nitrogens with one attached hydrogen (secondary N) is 2. The van der Waals surface area contributed by atoms with Crippen LogP contribution in [0, 0.1) is 0 Å². The molecule has 132 valence electrons. The average molecular weight is 367 g/mol. The highest BCUT2D eigenvalue weighted by atomic mass is 35.5. The van der Waals surface area contributed by atoms with E-state index in [1.54, 1.807) is 12.3 Å². The van der Waals surface area contributed by atoms with Crippen molar-refractivity contribution in [2.24, 2.45) is 0 Å². The minimum Gasteiger partial charge on any atom is -0.489 e. The second-order valence-corrected chi connectivity index (χ2v) is 5.94. The molecule has 0 saturated carbocycles. The van der Waals surface area contributed by atoms with Crippen molar-refractivity contribution in [3.63, 3.8) is 0 Å². The monoisotopic (exact) mass is 366 g/mol. The minimum atomic E-state index is 0.490. The summed E-state index contributed by atoms with van der Waals surface area (Å²) >= 11 is 5.88. The Morgan fingerprint density at radius 1 is 1.04 bits per heavy atom. The molecule has 0 fully saturated rings. The van der Waals surface area contributed by atoms with E-state index in [4.69, 9.17) is 16.3 Å². The summed E-state index contributed by atoms with van der Waals surface area (Å²) in [6.07, 6.45) is 3.47. The molecule has 1 aromatic heterocycles. The Kier molecular flexibility index (Phi) is 6.06. The maximum Gasteiger partial charge on any atom is 0.229 e. The summed E-state index contributed by atoms with van der Waals surface area (Å²) in [6, 6.07) is 17.1. The van der Waals surface area contributed by atoms with Gasteiger partial charge in [0.2, 0.25) is 5.95 Å². The van der Waals surface area contributed by atoms with Gasteiger partial charge in [0.15, 0.2) is 0 Å². The normalized spacial score (nSPS) is 10.2. The molecule has 0 aliphatic heterocycles. The van der Waals surface area contributed by atoms with E-state index < -0.39 is 0 Å². The number of hydrogen-bond acceptors (Lipinski definition) is 5. The van der Waals surface area contributed by atoms with Crippen LogP contribution in [0.2, 0.25) is 5.02 Å². The summed E-state index contributed by atoms with van der Waals surface area (Å²) in [6.45, 7) is 4.81. The van der Waals surface area contributed by atoms with Crippen LogP contribution in [0.5, 0.6) is 5.75 Å². The van der Waals surface area contributed by atoms with Crippen molar-refractivity contribution in [3.8, 4) is 5.75 Å². The lowest BCUT2D eigenvalue weighted by molar-refractivity contribution is 0.306. The van der Waals surface area contributed by atoms with Crippen molar-refractivity contribution < 1.29 is 4.74 Å². The fourth-order valence-electron chi connectivity index (χ4n) is 2.21. The molecule has 0 spiro atoms. The summed E-state index contributed by atoms with van der Waals surface area (Å²) in [5.74, 6) is 2.05. The molecule has 1 heterocycles. The Labute approximate surface area is 157 Å². The molecule has 6 heteroatoms. The van der Waals surface area contributed by atoms with E-state index >= 15 is 0 Å². The van der Waals surface area contributed by atoms with E-state index in [-0.39, 0.29) is 0 Å². The molecule has 0 aliphatic carbocycles. The third-order valence-electron chi connectivity index (χ3n) is 3.51. The van der Waals surface area contributed by atoms with Gasteiger partial charge in [-0.2, -0.15) is 4.98 Å². The first-order valence-electron chi connectivity index (χ1n) is 8.15. The van der Waals surface area contributed by atoms with Gasteiger partial charge in [-0.3, -0.25) is 0 Å². The summed E-state index contributed by atoms with van der Waals surface area (Å²) < 4.78 is 5.78. The van der Waals surface area contributed by atoms with Crippen LogP contribution in [-0.2, 0) is 6.61 Å². The Morgan fingerprint density at radius 2 is 1.81 bits per heavy atom. The maximum atomic E-state index is 5.88. The molecule has 5 nitrogen and oxygen atoms in total. The molecule has 0 radical (unpaired) electrons. The van der Waals surface area contributed by atoms with E-state index in [0.717, 1.165) is 27.8 Å². The van der Waals surface area contributed by atoms with Crippen LogP contribution in [-0.4, -0.2) is 16.5 Å². The summed E-state index contributed by atoms with van der Waals surface area (Å²) in [5.41, 5.74) is 1.94. The second-order valence-electron chi connectivity index (χ2n) is 5.50. The SMILES string of the molecule is C=CCNc1ccnc(Nc2ccc(OCc3ccc(Cl)cc3)cc2)n1. The van der Waals surface area contributed by atoms with Crippen LogP contribution in [0.3, 0.4) is 0 Å². The second kappa shape index (κ2) is 8.87. The molecule has 0 unspecified atom stereocenters. The van der Waals surface area contributed by atoms with Gasteiger partial charge in [-0.15, -0.1) is 6.58 Å². The Balaban J connectivity index is 1.57. The molecule has 26 heavy (non-hydrogen) atoms. The number of halogens is 1. The standard InChI is InChI=1S/C20H19ClN4O/c1-2-12-22-19-11-13-23-20(25-19)24-17-7-9-18(10-8-17)26-14-15-3-5-16(21)6-4-15/h2-11,13H,1,12,14H2,(H2,22,23,24,25). The van der Waals surface area contributed by atoms with Crippen LogP contribution in [0.4, 0.5) is 17.5 Å². The van der Waals surface area contributed by atoms with Gasteiger partial charge in [0, 0.05) is 23.5 Å². The number of nitrogens with zero attached hydrogens (tertiary/aromatic N) is 2. The van der Waals surface area contributed by atoms with Gasteiger partial charge in [0.1, 0.15) is 18.2 Å². The van der Waals surface area contributed by atoms with Crippen LogP contribution in [0.15, 0.2) is 73.4 Å². The summed E-state index contributed by atoms with van der Waals surface area (Å²) in [7, 11) is 0. The van der Waals surface area contributed by atoms with Gasteiger partial charge in [0.05, 0.1) is 0 Å². The van der Waals surface area contributed by atoms with Crippen molar-refractivity contribution in [3.05, 3.63) is 84.0 Å². The van der Waals surface area contributed by atoms with Crippen molar-refractivity contribution >= 4 is 29.1 Å². The highest BCUT2D eigenvalue weighted by Gasteiger charge is 2.01.